The molecule has 1 fully saturated rings. The van der Waals surface area contributed by atoms with Gasteiger partial charge in [-0.1, -0.05) is 169 Å². The molecule has 0 aliphatic carbocycles. The van der Waals surface area contributed by atoms with Crippen LogP contribution in [0.2, 0.25) is 0 Å². The molecular formula is C52H44N8O7S3. The molecule has 9 rings (SSSR count). The first-order chi connectivity index (χ1) is 34.2. The van der Waals surface area contributed by atoms with Gasteiger partial charge in [-0.15, -0.1) is 28.2 Å². The van der Waals surface area contributed by atoms with Crippen molar-refractivity contribution < 1.29 is 24.0 Å². The molecule has 0 bridgehead atoms. The first kappa shape index (κ1) is 47.3. The number of aryl methyl sites for hydroxylation is 1. The predicted octanol–water partition coefficient (Wildman–Crippen LogP) is 7.46. The maximum Gasteiger partial charge on any atom is 0.356 e. The summed E-state index contributed by atoms with van der Waals surface area (Å²) in [7, 11) is 1.32. The Labute approximate surface area is 414 Å². The number of allylic oxidation sites excluding steroid dienone is 1. The summed E-state index contributed by atoms with van der Waals surface area (Å²) in [5.74, 6) is -1.80. The number of rotatable bonds is 17. The number of fused-ring (bicyclic) bond motifs is 1. The molecule has 2 unspecified atom stereocenters. The minimum atomic E-state index is -1.07. The first-order valence-corrected chi connectivity index (χ1v) is 24.9. The van der Waals surface area contributed by atoms with E-state index in [1.807, 2.05) is 115 Å². The lowest BCUT2D eigenvalue weighted by molar-refractivity contribution is -0.154. The molecule has 2 aliphatic heterocycles. The summed E-state index contributed by atoms with van der Waals surface area (Å²) in [4.78, 5) is 81.7. The lowest BCUT2D eigenvalue weighted by Crippen LogP contribution is -2.71. The molecule has 3 N–H and O–H groups in total. The Kier molecular flexibility index (Phi) is 14.3. The molecule has 2 amide bonds. The SMILES string of the molecule is CCn1nc(SC=CC2=C(C(=O)OC(c3ccccc3)c3ccccc3)N3C(=O)C(NC(=O)C(=NOC)c4csc(NC(c5ccccc5)(c5ccccc5)c5ccccc5)n4)C3SC2)[nH]c(=O)c1=O. The molecule has 352 valence electrons. The van der Waals surface area contributed by atoms with Crippen molar-refractivity contribution in [3.05, 3.63) is 234 Å². The van der Waals surface area contributed by atoms with E-state index >= 15 is 0 Å². The molecule has 2 atom stereocenters. The molecule has 2 aromatic heterocycles. The van der Waals surface area contributed by atoms with Crippen molar-refractivity contribution >= 4 is 63.5 Å². The second-order valence-corrected chi connectivity index (χ2v) is 18.6. The van der Waals surface area contributed by atoms with E-state index in [1.165, 1.54) is 35.1 Å². The number of benzene rings is 5. The van der Waals surface area contributed by atoms with Gasteiger partial charge in [-0.25, -0.2) is 14.5 Å². The number of amides is 2. The number of hydrogen-bond acceptors (Lipinski definition) is 14. The minimum absolute atomic E-state index is 0.00678. The fourth-order valence-electron chi connectivity index (χ4n) is 8.29. The van der Waals surface area contributed by atoms with Crippen molar-refractivity contribution in [1.29, 1.82) is 0 Å². The summed E-state index contributed by atoms with van der Waals surface area (Å²) in [5, 5.41) is 18.1. The Hall–Kier alpha value is -7.80. The number of carbonyl (C=O) groups excluding carboxylic acids is 3. The number of thioether (sulfide) groups is 2. The molecule has 5 aromatic carbocycles. The molecule has 2 aliphatic rings. The average Bonchev–Trinajstić information content (AvgIpc) is 3.87. The molecule has 0 radical (unpaired) electrons. The van der Waals surface area contributed by atoms with Crippen LogP contribution in [-0.4, -0.2) is 72.4 Å². The number of ether oxygens (including phenoxy) is 1. The second-order valence-electron chi connectivity index (χ2n) is 15.8. The topological polar surface area (TPSA) is 190 Å². The van der Waals surface area contributed by atoms with Crippen LogP contribution < -0.4 is 21.8 Å². The van der Waals surface area contributed by atoms with Crippen LogP contribution in [0, 0.1) is 0 Å². The quantitative estimate of drug-likeness (QED) is 0.0156. The fraction of sp³-hybridized carbons (Fsp3) is 0.154. The van der Waals surface area contributed by atoms with E-state index in [2.05, 4.69) is 62.3 Å². The summed E-state index contributed by atoms with van der Waals surface area (Å²) in [6, 6.07) is 47.6. The lowest BCUT2D eigenvalue weighted by atomic mass is 9.77. The van der Waals surface area contributed by atoms with Crippen LogP contribution in [-0.2, 0) is 36.0 Å². The van der Waals surface area contributed by atoms with Crippen molar-refractivity contribution in [1.82, 2.24) is 30.0 Å². The van der Waals surface area contributed by atoms with Crippen molar-refractivity contribution in [3.8, 4) is 0 Å². The summed E-state index contributed by atoms with van der Waals surface area (Å²) in [6.07, 6.45) is 0.819. The van der Waals surface area contributed by atoms with Crippen molar-refractivity contribution in [3.63, 3.8) is 0 Å². The number of nitrogens with zero attached hydrogens (tertiary/aromatic N) is 5. The van der Waals surface area contributed by atoms with Crippen molar-refractivity contribution in [2.24, 2.45) is 5.16 Å². The van der Waals surface area contributed by atoms with Gasteiger partial charge in [-0.05, 0) is 51.8 Å². The number of hydrogen-bond donors (Lipinski definition) is 3. The van der Waals surface area contributed by atoms with Crippen LogP contribution in [0.25, 0.3) is 0 Å². The van der Waals surface area contributed by atoms with Crippen molar-refractivity contribution in [2.45, 2.75) is 41.7 Å². The van der Waals surface area contributed by atoms with E-state index in [4.69, 9.17) is 14.6 Å². The summed E-state index contributed by atoms with van der Waals surface area (Å²) in [5.41, 5.74) is 2.33. The number of thiazole rings is 1. The van der Waals surface area contributed by atoms with Crippen LogP contribution in [0.1, 0.15) is 46.5 Å². The Morgan fingerprint density at radius 1 is 0.857 bits per heavy atom. The maximum atomic E-state index is 14.6. The van der Waals surface area contributed by atoms with Gasteiger partial charge in [0.2, 0.25) is 0 Å². The van der Waals surface area contributed by atoms with Gasteiger partial charge in [0.05, 0.1) is 0 Å². The minimum Gasteiger partial charge on any atom is -0.448 e. The normalized spacial score (nSPS) is 15.9. The summed E-state index contributed by atoms with van der Waals surface area (Å²) >= 11 is 3.65. The molecule has 4 heterocycles. The van der Waals surface area contributed by atoms with Gasteiger partial charge >= 0.3 is 17.1 Å². The Morgan fingerprint density at radius 2 is 1.41 bits per heavy atom. The molecule has 0 spiro atoms. The second kappa shape index (κ2) is 21.2. The monoisotopic (exact) mass is 988 g/mol. The molecule has 15 nitrogen and oxygen atoms in total. The van der Waals surface area contributed by atoms with E-state index in [1.54, 1.807) is 23.8 Å². The first-order valence-electron chi connectivity index (χ1n) is 22.1. The molecule has 1 saturated heterocycles. The van der Waals surface area contributed by atoms with Crippen LogP contribution >= 0.6 is 34.9 Å². The van der Waals surface area contributed by atoms with E-state index in [0.29, 0.717) is 10.7 Å². The highest BCUT2D eigenvalue weighted by atomic mass is 32.2. The number of aromatic amines is 1. The number of β-lactam (4-membered cyclic amide) rings is 1. The zero-order valence-corrected chi connectivity index (χ0v) is 40.1. The van der Waals surface area contributed by atoms with Gasteiger partial charge in [-0.2, -0.15) is 0 Å². The maximum absolute atomic E-state index is 14.6. The number of aromatic nitrogens is 4. The average molecular weight is 989 g/mol. The standard InChI is InChI=1S/C52H44N8O7S3/c1-3-59-47(64)45(62)55-51(57-59)68-30-29-35-31-69-48-41(46(63)60(48)42(35)49(65)67-43(33-19-9-4-10-20-33)34-21-11-5-12-22-34)54-44(61)40(58-66-2)39-32-70-50(53-39)56-52(36-23-13-6-14-24-36,37-25-15-7-16-26-37)38-27-17-8-18-28-38/h4-30,32,41,43,48H,3,31H2,1-2H3,(H,53,56)(H,54,61)(H,55,57,62). The van der Waals surface area contributed by atoms with E-state index < -0.39 is 52.0 Å². The zero-order chi connectivity index (χ0) is 48.6. The zero-order valence-electron chi connectivity index (χ0n) is 37.6. The lowest BCUT2D eigenvalue weighted by Gasteiger charge is -2.49. The highest BCUT2D eigenvalue weighted by molar-refractivity contribution is 8.02. The van der Waals surface area contributed by atoms with Gasteiger partial charge in [-0.3, -0.25) is 29.1 Å². The van der Waals surface area contributed by atoms with Gasteiger partial charge in [0.1, 0.15) is 35.5 Å². The number of esters is 1. The Balaban J connectivity index is 0.997. The van der Waals surface area contributed by atoms with Gasteiger partial charge in [0.15, 0.2) is 22.1 Å². The highest BCUT2D eigenvalue weighted by Crippen LogP contribution is 2.43. The van der Waals surface area contributed by atoms with Gasteiger partial charge < -0.3 is 20.2 Å². The van der Waals surface area contributed by atoms with Crippen LogP contribution in [0.4, 0.5) is 5.13 Å². The molecule has 7 aromatic rings. The summed E-state index contributed by atoms with van der Waals surface area (Å²) in [6.45, 7) is 1.89. The largest absolute Gasteiger partial charge is 0.448 e. The molecule has 0 saturated carbocycles. The van der Waals surface area contributed by atoms with Crippen LogP contribution in [0.15, 0.2) is 200 Å². The number of carbonyl (C=O) groups is 3. The van der Waals surface area contributed by atoms with E-state index in [-0.39, 0.29) is 34.6 Å². The Morgan fingerprint density at radius 3 is 1.96 bits per heavy atom. The third-order valence-corrected chi connectivity index (χ3v) is 14.3. The number of oxime groups is 1. The van der Waals surface area contributed by atoms with Crippen LogP contribution in [0.3, 0.4) is 0 Å². The highest BCUT2D eigenvalue weighted by Gasteiger charge is 2.55. The smallest absolute Gasteiger partial charge is 0.356 e. The number of anilines is 1. The number of H-pyrrole nitrogens is 1. The van der Waals surface area contributed by atoms with E-state index in [9.17, 15) is 24.0 Å². The fourth-order valence-corrected chi connectivity index (χ4v) is 11.0. The van der Waals surface area contributed by atoms with Crippen LogP contribution in [0.5, 0.6) is 0 Å². The third-order valence-electron chi connectivity index (χ3n) is 11.6. The van der Waals surface area contributed by atoms with Crippen molar-refractivity contribution in [2.75, 3.05) is 18.2 Å². The molecule has 70 heavy (non-hydrogen) atoms. The van der Waals surface area contributed by atoms with E-state index in [0.717, 1.165) is 44.3 Å². The van der Waals surface area contributed by atoms with Gasteiger partial charge in [0.25, 0.3) is 11.8 Å². The summed E-state index contributed by atoms with van der Waals surface area (Å²) < 4.78 is 7.36. The molecule has 18 heteroatoms. The van der Waals surface area contributed by atoms with Gasteiger partial charge in [0, 0.05) is 17.7 Å². The molecular weight excluding hydrogens is 945 g/mol. The third kappa shape index (κ3) is 9.61. The number of nitrogens with one attached hydrogen (secondary N) is 3. The Bertz CT molecular complexity index is 3090. The predicted molar refractivity (Wildman–Crippen MR) is 271 cm³/mol.